The molecule has 0 aliphatic rings. The summed E-state index contributed by atoms with van der Waals surface area (Å²) in [6.45, 7) is 1.43. The van der Waals surface area contributed by atoms with Gasteiger partial charge in [-0.25, -0.2) is 4.98 Å². The molecule has 2 rings (SSSR count). The number of thioether (sulfide) groups is 1. The molecule has 9 heteroatoms. The molecule has 0 bridgehead atoms. The number of benzene rings is 1. The highest BCUT2D eigenvalue weighted by molar-refractivity contribution is 8.00. The summed E-state index contributed by atoms with van der Waals surface area (Å²) < 4.78 is 17.2. The quantitative estimate of drug-likeness (QED) is 0.270. The zero-order valence-electron chi connectivity index (χ0n) is 16.1. The maximum absolute atomic E-state index is 5.39. The topological polar surface area (TPSA) is 77.0 Å². The van der Waals surface area contributed by atoms with Crippen molar-refractivity contribution in [2.45, 2.75) is 17.3 Å². The highest BCUT2D eigenvalue weighted by atomic mass is 32.2. The lowest BCUT2D eigenvalue weighted by molar-refractivity contribution is 0.323. The van der Waals surface area contributed by atoms with Gasteiger partial charge < -0.3 is 24.8 Å². The second kappa shape index (κ2) is 11.6. The van der Waals surface area contributed by atoms with Gasteiger partial charge in [0.05, 0.1) is 21.3 Å². The van der Waals surface area contributed by atoms with E-state index in [0.717, 1.165) is 34.6 Å². The Morgan fingerprint density at radius 2 is 1.89 bits per heavy atom. The second-order valence-electron chi connectivity index (χ2n) is 5.39. The molecule has 0 aliphatic heterocycles. The molecule has 1 heterocycles. The van der Waals surface area contributed by atoms with Crippen LogP contribution in [-0.2, 0) is 6.54 Å². The Balaban J connectivity index is 1.81. The van der Waals surface area contributed by atoms with Crippen molar-refractivity contribution in [3.05, 3.63) is 29.3 Å². The third-order valence-electron chi connectivity index (χ3n) is 3.66. The largest absolute Gasteiger partial charge is 0.493 e. The van der Waals surface area contributed by atoms with Crippen LogP contribution < -0.4 is 24.8 Å². The zero-order valence-corrected chi connectivity index (χ0v) is 17.7. The molecule has 0 saturated heterocycles. The molecule has 0 spiro atoms. The molecule has 2 N–H and O–H groups in total. The second-order valence-corrected chi connectivity index (χ2v) is 7.62. The van der Waals surface area contributed by atoms with Crippen molar-refractivity contribution in [3.63, 3.8) is 0 Å². The van der Waals surface area contributed by atoms with Crippen LogP contribution in [0.5, 0.6) is 17.2 Å². The number of thiazole rings is 1. The highest BCUT2D eigenvalue weighted by Gasteiger charge is 2.13. The number of aliphatic imine (C=N–C) groups is 1. The minimum absolute atomic E-state index is 0.587. The lowest BCUT2D eigenvalue weighted by Crippen LogP contribution is -2.37. The van der Waals surface area contributed by atoms with E-state index in [0.29, 0.717) is 23.8 Å². The number of rotatable bonds is 10. The summed E-state index contributed by atoms with van der Waals surface area (Å²) in [5.74, 6) is 3.63. The van der Waals surface area contributed by atoms with Crippen molar-refractivity contribution in [1.29, 1.82) is 0 Å². The summed E-state index contributed by atoms with van der Waals surface area (Å²) in [5.41, 5.74) is 1.01. The Labute approximate surface area is 168 Å². The van der Waals surface area contributed by atoms with Crippen LogP contribution in [0, 0.1) is 0 Å². The molecule has 0 atom stereocenters. The molecular formula is C18H26N4O3S2. The van der Waals surface area contributed by atoms with Crippen LogP contribution in [0.3, 0.4) is 0 Å². The van der Waals surface area contributed by atoms with Crippen LogP contribution in [0.1, 0.15) is 12.0 Å². The predicted octanol–water partition coefficient (Wildman–Crippen LogP) is 3.02. The first-order chi connectivity index (χ1) is 13.2. The Bertz CT molecular complexity index is 698. The summed E-state index contributed by atoms with van der Waals surface area (Å²) >= 11 is 3.45. The maximum atomic E-state index is 5.39. The SMILES string of the molecule is CN=C(NCCCSc1nccs1)NCc1cc(OC)c(OC)c(OC)c1. The third-order valence-corrected chi connectivity index (χ3v) is 5.71. The molecule has 1 aromatic carbocycles. The molecule has 7 nitrogen and oxygen atoms in total. The fourth-order valence-electron chi connectivity index (χ4n) is 2.36. The first-order valence-corrected chi connectivity index (χ1v) is 10.3. The van der Waals surface area contributed by atoms with Gasteiger partial charge in [0, 0.05) is 37.5 Å². The maximum Gasteiger partial charge on any atom is 0.203 e. The van der Waals surface area contributed by atoms with E-state index in [1.807, 2.05) is 23.7 Å². The van der Waals surface area contributed by atoms with Crippen molar-refractivity contribution in [2.24, 2.45) is 4.99 Å². The molecular weight excluding hydrogens is 384 g/mol. The average Bonchev–Trinajstić information content (AvgIpc) is 3.22. The fraction of sp³-hybridized carbons (Fsp3) is 0.444. The van der Waals surface area contributed by atoms with Crippen molar-refractivity contribution < 1.29 is 14.2 Å². The van der Waals surface area contributed by atoms with E-state index >= 15 is 0 Å². The predicted molar refractivity (Wildman–Crippen MR) is 112 cm³/mol. The summed E-state index contributed by atoms with van der Waals surface area (Å²) in [6.07, 6.45) is 2.86. The first-order valence-electron chi connectivity index (χ1n) is 8.47. The zero-order chi connectivity index (χ0) is 19.5. The van der Waals surface area contributed by atoms with Gasteiger partial charge in [-0.15, -0.1) is 11.3 Å². The van der Waals surface area contributed by atoms with Crippen LogP contribution in [0.25, 0.3) is 0 Å². The Morgan fingerprint density at radius 1 is 1.15 bits per heavy atom. The van der Waals surface area contributed by atoms with Gasteiger partial charge in [0.2, 0.25) is 5.75 Å². The Morgan fingerprint density at radius 3 is 2.44 bits per heavy atom. The standard InChI is InChI=1S/C18H26N4O3S2/c1-19-17(20-6-5-8-26-18-21-7-9-27-18)22-12-13-10-14(23-2)16(25-4)15(11-13)24-3/h7,9-11H,5-6,8,12H2,1-4H3,(H2,19,20,22). The van der Waals surface area contributed by atoms with Crippen molar-refractivity contribution >= 4 is 29.1 Å². The van der Waals surface area contributed by atoms with Crippen molar-refractivity contribution in [1.82, 2.24) is 15.6 Å². The molecule has 2 aromatic rings. The first kappa shape index (κ1) is 21.2. The van der Waals surface area contributed by atoms with Gasteiger partial charge in [-0.3, -0.25) is 4.99 Å². The summed E-state index contributed by atoms with van der Waals surface area (Å²) in [5, 5.41) is 8.62. The molecule has 148 valence electrons. The number of ether oxygens (including phenoxy) is 3. The van der Waals surface area contributed by atoms with Crippen LogP contribution in [-0.4, -0.2) is 51.6 Å². The smallest absolute Gasteiger partial charge is 0.203 e. The molecule has 0 aliphatic carbocycles. The third kappa shape index (κ3) is 6.51. The minimum Gasteiger partial charge on any atom is -0.493 e. The molecule has 0 unspecified atom stereocenters. The summed E-state index contributed by atoms with van der Waals surface area (Å²) in [4.78, 5) is 8.52. The van der Waals surface area contributed by atoms with E-state index in [4.69, 9.17) is 14.2 Å². The van der Waals surface area contributed by atoms with Crippen LogP contribution in [0.15, 0.2) is 33.0 Å². The molecule has 0 radical (unpaired) electrons. The normalized spacial score (nSPS) is 11.2. The highest BCUT2D eigenvalue weighted by Crippen LogP contribution is 2.38. The molecule has 0 saturated carbocycles. The minimum atomic E-state index is 0.587. The van der Waals surface area contributed by atoms with E-state index in [1.54, 1.807) is 51.5 Å². The van der Waals surface area contributed by atoms with Gasteiger partial charge in [-0.05, 0) is 24.1 Å². The van der Waals surface area contributed by atoms with Gasteiger partial charge in [0.25, 0.3) is 0 Å². The van der Waals surface area contributed by atoms with Gasteiger partial charge in [-0.1, -0.05) is 11.8 Å². The number of nitrogens with one attached hydrogen (secondary N) is 2. The van der Waals surface area contributed by atoms with E-state index in [9.17, 15) is 0 Å². The summed E-state index contributed by atoms with van der Waals surface area (Å²) in [6, 6.07) is 3.85. The van der Waals surface area contributed by atoms with Crippen LogP contribution in [0.2, 0.25) is 0 Å². The van der Waals surface area contributed by atoms with E-state index in [2.05, 4.69) is 20.6 Å². The number of methoxy groups -OCH3 is 3. The van der Waals surface area contributed by atoms with E-state index in [-0.39, 0.29) is 0 Å². The van der Waals surface area contributed by atoms with Crippen molar-refractivity contribution in [2.75, 3.05) is 40.7 Å². The molecule has 1 aromatic heterocycles. The van der Waals surface area contributed by atoms with Crippen LogP contribution in [0.4, 0.5) is 0 Å². The number of guanidine groups is 1. The lowest BCUT2D eigenvalue weighted by Gasteiger charge is -2.16. The van der Waals surface area contributed by atoms with Gasteiger partial charge >= 0.3 is 0 Å². The number of hydrogen-bond acceptors (Lipinski definition) is 7. The van der Waals surface area contributed by atoms with E-state index in [1.165, 1.54) is 0 Å². The van der Waals surface area contributed by atoms with Gasteiger partial charge in [0.15, 0.2) is 17.5 Å². The molecule has 27 heavy (non-hydrogen) atoms. The Hall–Kier alpha value is -2.13. The van der Waals surface area contributed by atoms with Crippen molar-refractivity contribution in [3.8, 4) is 17.2 Å². The van der Waals surface area contributed by atoms with E-state index < -0.39 is 0 Å². The van der Waals surface area contributed by atoms with Gasteiger partial charge in [-0.2, -0.15) is 0 Å². The lowest BCUT2D eigenvalue weighted by atomic mass is 10.2. The summed E-state index contributed by atoms with van der Waals surface area (Å²) in [7, 11) is 6.57. The fourth-order valence-corrected chi connectivity index (χ4v) is 4.01. The molecule has 0 amide bonds. The number of aromatic nitrogens is 1. The average molecular weight is 411 g/mol. The number of hydrogen-bond donors (Lipinski definition) is 2. The monoisotopic (exact) mass is 410 g/mol. The van der Waals surface area contributed by atoms with Gasteiger partial charge in [0.1, 0.15) is 4.34 Å². The number of nitrogens with zero attached hydrogens (tertiary/aromatic N) is 2. The Kier molecular flexibility index (Phi) is 9.06. The van der Waals surface area contributed by atoms with Crippen LogP contribution >= 0.6 is 23.1 Å². The molecule has 0 fully saturated rings.